The van der Waals surface area contributed by atoms with Gasteiger partial charge in [-0.2, -0.15) is 0 Å². The van der Waals surface area contributed by atoms with Crippen molar-refractivity contribution in [1.29, 1.82) is 0 Å². The molecule has 4 rings (SSSR count). The molecule has 0 aromatic heterocycles. The van der Waals surface area contributed by atoms with Gasteiger partial charge in [0.05, 0.1) is 5.57 Å². The highest BCUT2D eigenvalue weighted by Crippen LogP contribution is 2.36. The van der Waals surface area contributed by atoms with E-state index in [9.17, 15) is 9.59 Å². The Morgan fingerprint density at radius 3 is 2.07 bits per heavy atom. The molecular formula is C24H32ClN3O2. The van der Waals surface area contributed by atoms with E-state index in [1.807, 2.05) is 12.1 Å². The molecule has 1 saturated carbocycles. The fourth-order valence-corrected chi connectivity index (χ4v) is 5.14. The molecule has 0 atom stereocenters. The molecule has 162 valence electrons. The Morgan fingerprint density at radius 2 is 1.47 bits per heavy atom. The first-order valence-corrected chi connectivity index (χ1v) is 11.8. The number of carbonyl (C=O) groups is 2. The highest BCUT2D eigenvalue weighted by Gasteiger charge is 2.44. The van der Waals surface area contributed by atoms with E-state index in [2.05, 4.69) is 16.7 Å². The molecule has 3 aliphatic rings. The number of piperazine rings is 1. The van der Waals surface area contributed by atoms with Crippen molar-refractivity contribution in [3.05, 3.63) is 40.5 Å². The zero-order chi connectivity index (χ0) is 21.1. The second-order valence-electron chi connectivity index (χ2n) is 8.63. The summed E-state index contributed by atoms with van der Waals surface area (Å²) in [7, 11) is 0. The Balaban J connectivity index is 1.68. The summed E-state index contributed by atoms with van der Waals surface area (Å²) < 4.78 is 0. The number of halogens is 1. The third-order valence-corrected chi connectivity index (χ3v) is 7.05. The number of hydrogen-bond acceptors (Lipinski definition) is 4. The number of nitrogens with zero attached hydrogens (tertiary/aromatic N) is 3. The maximum atomic E-state index is 13.7. The van der Waals surface area contributed by atoms with Gasteiger partial charge in [0.15, 0.2) is 0 Å². The van der Waals surface area contributed by atoms with Crippen LogP contribution in [0, 0.1) is 0 Å². The second-order valence-corrected chi connectivity index (χ2v) is 9.07. The van der Waals surface area contributed by atoms with Crippen LogP contribution in [0.15, 0.2) is 30.0 Å². The van der Waals surface area contributed by atoms with Crippen molar-refractivity contribution in [3.63, 3.8) is 0 Å². The number of hydrogen-bond donors (Lipinski definition) is 0. The van der Waals surface area contributed by atoms with Crippen LogP contribution >= 0.6 is 11.6 Å². The van der Waals surface area contributed by atoms with Crippen LogP contribution in [0.25, 0.3) is 5.57 Å². The molecule has 2 heterocycles. The minimum absolute atomic E-state index is 0.0158. The molecule has 30 heavy (non-hydrogen) atoms. The standard InChI is InChI=1S/C24H32ClN3O2/c1-2-26-14-16-27(17-15-26)22-21(18-10-12-19(25)13-11-18)23(29)28(24(22)30)20-8-6-4-3-5-7-9-20/h10-13,20H,2-9,14-17H2,1H3. The van der Waals surface area contributed by atoms with Crippen LogP contribution in [-0.4, -0.2) is 65.3 Å². The Bertz CT molecular complexity index is 804. The van der Waals surface area contributed by atoms with E-state index in [4.69, 9.17) is 11.6 Å². The molecule has 1 aromatic rings. The Kier molecular flexibility index (Phi) is 6.79. The summed E-state index contributed by atoms with van der Waals surface area (Å²) in [5.41, 5.74) is 1.95. The van der Waals surface area contributed by atoms with E-state index in [-0.39, 0.29) is 17.9 Å². The van der Waals surface area contributed by atoms with Gasteiger partial charge < -0.3 is 9.80 Å². The van der Waals surface area contributed by atoms with Crippen LogP contribution in [-0.2, 0) is 9.59 Å². The fourth-order valence-electron chi connectivity index (χ4n) is 5.02. The number of carbonyl (C=O) groups excluding carboxylic acids is 2. The average Bonchev–Trinajstić information content (AvgIpc) is 2.99. The quantitative estimate of drug-likeness (QED) is 0.674. The number of amides is 2. The SMILES string of the molecule is CCN1CCN(C2=C(c3ccc(Cl)cc3)C(=O)N(C3CCCCCCC3)C2=O)CC1. The van der Waals surface area contributed by atoms with E-state index in [1.165, 1.54) is 19.3 Å². The molecule has 2 aliphatic heterocycles. The molecule has 1 aliphatic carbocycles. The number of benzene rings is 1. The molecule has 0 unspecified atom stereocenters. The van der Waals surface area contributed by atoms with Crippen molar-refractivity contribution in [2.75, 3.05) is 32.7 Å². The van der Waals surface area contributed by atoms with Gasteiger partial charge in [0.1, 0.15) is 5.70 Å². The van der Waals surface area contributed by atoms with Gasteiger partial charge in [-0.1, -0.05) is 62.8 Å². The summed E-state index contributed by atoms with van der Waals surface area (Å²) in [5.74, 6) is -0.221. The number of rotatable bonds is 4. The van der Waals surface area contributed by atoms with Crippen molar-refractivity contribution in [1.82, 2.24) is 14.7 Å². The van der Waals surface area contributed by atoms with Crippen LogP contribution in [0.5, 0.6) is 0 Å². The van der Waals surface area contributed by atoms with Gasteiger partial charge >= 0.3 is 0 Å². The minimum atomic E-state index is -0.124. The van der Waals surface area contributed by atoms with E-state index >= 15 is 0 Å². The minimum Gasteiger partial charge on any atom is -0.364 e. The maximum absolute atomic E-state index is 13.7. The first-order chi connectivity index (χ1) is 14.6. The number of imide groups is 1. The Hall–Kier alpha value is -1.85. The summed E-state index contributed by atoms with van der Waals surface area (Å²) >= 11 is 6.09. The van der Waals surface area contributed by atoms with Crippen LogP contribution < -0.4 is 0 Å². The van der Waals surface area contributed by atoms with Gasteiger partial charge in [0, 0.05) is 37.2 Å². The zero-order valence-corrected chi connectivity index (χ0v) is 18.7. The predicted molar refractivity (Wildman–Crippen MR) is 120 cm³/mol. The van der Waals surface area contributed by atoms with E-state index in [1.54, 1.807) is 17.0 Å². The lowest BCUT2D eigenvalue weighted by Crippen LogP contribution is -2.48. The van der Waals surface area contributed by atoms with Gasteiger partial charge in [0.2, 0.25) is 0 Å². The van der Waals surface area contributed by atoms with Crippen molar-refractivity contribution >= 4 is 29.0 Å². The highest BCUT2D eigenvalue weighted by atomic mass is 35.5. The van der Waals surface area contributed by atoms with E-state index in [0.717, 1.165) is 64.0 Å². The van der Waals surface area contributed by atoms with E-state index < -0.39 is 0 Å². The summed E-state index contributed by atoms with van der Waals surface area (Å²) in [5, 5.41) is 0.631. The monoisotopic (exact) mass is 429 g/mol. The van der Waals surface area contributed by atoms with Crippen molar-refractivity contribution in [3.8, 4) is 0 Å². The van der Waals surface area contributed by atoms with Crippen molar-refractivity contribution < 1.29 is 9.59 Å². The van der Waals surface area contributed by atoms with Gasteiger partial charge in [0.25, 0.3) is 11.8 Å². The molecule has 2 fully saturated rings. The van der Waals surface area contributed by atoms with Gasteiger partial charge in [-0.15, -0.1) is 0 Å². The molecule has 0 bridgehead atoms. The zero-order valence-electron chi connectivity index (χ0n) is 17.9. The molecule has 5 nitrogen and oxygen atoms in total. The normalized spacial score (nSPS) is 22.6. The highest BCUT2D eigenvalue weighted by molar-refractivity contribution is 6.36. The van der Waals surface area contributed by atoms with E-state index in [0.29, 0.717) is 16.3 Å². The molecule has 1 aromatic carbocycles. The summed E-state index contributed by atoms with van der Waals surface area (Å²) in [6.07, 6.45) is 7.65. The molecule has 1 saturated heterocycles. The lowest BCUT2D eigenvalue weighted by Gasteiger charge is -2.36. The smallest absolute Gasteiger partial charge is 0.278 e. The van der Waals surface area contributed by atoms with Crippen molar-refractivity contribution in [2.24, 2.45) is 0 Å². The summed E-state index contributed by atoms with van der Waals surface area (Å²) in [6, 6.07) is 7.35. The first kappa shape index (κ1) is 21.4. The third kappa shape index (κ3) is 4.28. The topological polar surface area (TPSA) is 43.9 Å². The molecule has 2 amide bonds. The largest absolute Gasteiger partial charge is 0.364 e. The van der Waals surface area contributed by atoms with Crippen LogP contribution in [0.4, 0.5) is 0 Å². The second kappa shape index (κ2) is 9.52. The van der Waals surface area contributed by atoms with Gasteiger partial charge in [-0.25, -0.2) is 0 Å². The predicted octanol–water partition coefficient (Wildman–Crippen LogP) is 4.17. The van der Waals surface area contributed by atoms with Crippen LogP contribution in [0.1, 0.15) is 57.4 Å². The van der Waals surface area contributed by atoms with Gasteiger partial charge in [-0.05, 0) is 37.1 Å². The lowest BCUT2D eigenvalue weighted by atomic mass is 9.95. The van der Waals surface area contributed by atoms with Gasteiger partial charge in [-0.3, -0.25) is 14.5 Å². The number of likely N-dealkylation sites (N-methyl/N-ethyl adjacent to an activating group) is 1. The first-order valence-electron chi connectivity index (χ1n) is 11.5. The summed E-state index contributed by atoms with van der Waals surface area (Å²) in [4.78, 5) is 33.4. The molecule has 6 heteroatoms. The molecule has 0 radical (unpaired) electrons. The average molecular weight is 430 g/mol. The molecular weight excluding hydrogens is 398 g/mol. The molecule has 0 spiro atoms. The third-order valence-electron chi connectivity index (χ3n) is 6.80. The van der Waals surface area contributed by atoms with Crippen LogP contribution in [0.2, 0.25) is 5.02 Å². The fraction of sp³-hybridized carbons (Fsp3) is 0.583. The van der Waals surface area contributed by atoms with Crippen molar-refractivity contribution in [2.45, 2.75) is 57.9 Å². The Labute approximate surface area is 184 Å². The molecule has 0 N–H and O–H groups in total. The van der Waals surface area contributed by atoms with Crippen LogP contribution in [0.3, 0.4) is 0 Å². The summed E-state index contributed by atoms with van der Waals surface area (Å²) in [6.45, 7) is 6.56. The maximum Gasteiger partial charge on any atom is 0.278 e. The Morgan fingerprint density at radius 1 is 0.867 bits per heavy atom. The lowest BCUT2D eigenvalue weighted by molar-refractivity contribution is -0.140.